The van der Waals surface area contributed by atoms with Gasteiger partial charge in [-0.1, -0.05) is 61.8 Å². The van der Waals surface area contributed by atoms with Crippen LogP contribution in [0.1, 0.15) is 68.2 Å². The SMILES string of the molecule is CC(C)c1ccccc1[C@H]1CN(Cc2ccc(Cl)cc2)CCN1C1CC2(CCNCC2)C1. The van der Waals surface area contributed by atoms with Crippen molar-refractivity contribution in [1.29, 1.82) is 0 Å². The predicted octanol–water partition coefficient (Wildman–Crippen LogP) is 5.85. The lowest BCUT2D eigenvalue weighted by atomic mass is 9.60. The van der Waals surface area contributed by atoms with Crippen molar-refractivity contribution in [3.8, 4) is 0 Å². The molecule has 172 valence electrons. The maximum absolute atomic E-state index is 6.12. The van der Waals surface area contributed by atoms with Gasteiger partial charge in [0.15, 0.2) is 0 Å². The lowest BCUT2D eigenvalue weighted by molar-refractivity contribution is -0.0650. The highest BCUT2D eigenvalue weighted by Gasteiger charge is 2.49. The van der Waals surface area contributed by atoms with E-state index in [1.165, 1.54) is 56.4 Å². The van der Waals surface area contributed by atoms with Crippen molar-refractivity contribution >= 4 is 11.6 Å². The van der Waals surface area contributed by atoms with Crippen LogP contribution < -0.4 is 5.32 Å². The lowest BCUT2D eigenvalue weighted by Gasteiger charge is -2.57. The van der Waals surface area contributed by atoms with E-state index in [2.05, 4.69) is 65.4 Å². The van der Waals surface area contributed by atoms with E-state index in [4.69, 9.17) is 11.6 Å². The highest BCUT2D eigenvalue weighted by Crippen LogP contribution is 2.52. The molecular formula is C28H38ClN3. The van der Waals surface area contributed by atoms with Crippen molar-refractivity contribution in [3.63, 3.8) is 0 Å². The van der Waals surface area contributed by atoms with E-state index in [-0.39, 0.29) is 0 Å². The van der Waals surface area contributed by atoms with E-state index in [9.17, 15) is 0 Å². The number of nitrogens with zero attached hydrogens (tertiary/aromatic N) is 2. The lowest BCUT2D eigenvalue weighted by Crippen LogP contribution is -2.59. The Kier molecular flexibility index (Phi) is 6.63. The molecule has 2 saturated heterocycles. The second kappa shape index (κ2) is 9.46. The van der Waals surface area contributed by atoms with E-state index >= 15 is 0 Å². The molecule has 0 aromatic heterocycles. The smallest absolute Gasteiger partial charge is 0.0481 e. The van der Waals surface area contributed by atoms with Crippen molar-refractivity contribution < 1.29 is 0 Å². The minimum Gasteiger partial charge on any atom is -0.317 e. The van der Waals surface area contributed by atoms with E-state index < -0.39 is 0 Å². The summed E-state index contributed by atoms with van der Waals surface area (Å²) in [6.45, 7) is 11.5. The minimum atomic E-state index is 0.485. The highest BCUT2D eigenvalue weighted by molar-refractivity contribution is 6.30. The van der Waals surface area contributed by atoms with Crippen molar-refractivity contribution in [3.05, 3.63) is 70.2 Å². The van der Waals surface area contributed by atoms with Gasteiger partial charge in [0.2, 0.25) is 0 Å². The molecule has 3 nitrogen and oxygen atoms in total. The molecule has 1 atom stereocenters. The van der Waals surface area contributed by atoms with E-state index in [1.54, 1.807) is 5.56 Å². The van der Waals surface area contributed by atoms with E-state index in [0.29, 0.717) is 17.4 Å². The van der Waals surface area contributed by atoms with Crippen molar-refractivity contribution in [1.82, 2.24) is 15.1 Å². The molecule has 4 heteroatoms. The number of hydrogen-bond donors (Lipinski definition) is 1. The van der Waals surface area contributed by atoms with Gasteiger partial charge in [0, 0.05) is 43.3 Å². The van der Waals surface area contributed by atoms with Crippen molar-refractivity contribution in [2.24, 2.45) is 5.41 Å². The van der Waals surface area contributed by atoms with Gasteiger partial charge in [0.1, 0.15) is 0 Å². The first kappa shape index (κ1) is 22.4. The zero-order valence-electron chi connectivity index (χ0n) is 19.7. The molecule has 3 fully saturated rings. The van der Waals surface area contributed by atoms with Gasteiger partial charge in [-0.2, -0.15) is 0 Å². The number of piperidine rings is 1. The van der Waals surface area contributed by atoms with Gasteiger partial charge in [-0.15, -0.1) is 0 Å². The summed E-state index contributed by atoms with van der Waals surface area (Å²) < 4.78 is 0. The third kappa shape index (κ3) is 4.63. The summed E-state index contributed by atoms with van der Waals surface area (Å²) in [4.78, 5) is 5.54. The van der Waals surface area contributed by atoms with Gasteiger partial charge in [0.05, 0.1) is 0 Å². The van der Waals surface area contributed by atoms with Crippen LogP contribution in [0.25, 0.3) is 0 Å². The van der Waals surface area contributed by atoms with E-state index in [1.807, 2.05) is 12.1 Å². The summed E-state index contributed by atoms with van der Waals surface area (Å²) in [7, 11) is 0. The van der Waals surface area contributed by atoms with Crippen molar-refractivity contribution in [2.75, 3.05) is 32.7 Å². The summed E-state index contributed by atoms with van der Waals surface area (Å²) in [5, 5.41) is 4.38. The molecule has 3 aliphatic rings. The quantitative estimate of drug-likeness (QED) is 0.614. The molecular weight excluding hydrogens is 414 g/mol. The fourth-order valence-corrected chi connectivity index (χ4v) is 6.57. The first-order valence-corrected chi connectivity index (χ1v) is 12.9. The minimum absolute atomic E-state index is 0.485. The summed E-state index contributed by atoms with van der Waals surface area (Å²) in [5.41, 5.74) is 5.05. The van der Waals surface area contributed by atoms with Crippen LogP contribution in [-0.4, -0.2) is 48.6 Å². The van der Waals surface area contributed by atoms with Crippen LogP contribution in [0.3, 0.4) is 0 Å². The van der Waals surface area contributed by atoms with Crippen LogP contribution in [0.15, 0.2) is 48.5 Å². The van der Waals surface area contributed by atoms with Crippen LogP contribution in [-0.2, 0) is 6.54 Å². The Morgan fingerprint density at radius 2 is 1.72 bits per heavy atom. The standard InChI is InChI=1S/C28H38ClN3/c1-21(2)25-5-3-4-6-26(25)27-20-31(19-22-7-9-23(29)10-8-22)15-16-32(27)24-17-28(18-24)11-13-30-14-12-28/h3-10,21,24,27,30H,11-20H2,1-2H3/t27-/m1/s1. The Balaban J connectivity index is 1.36. The predicted molar refractivity (Wildman–Crippen MR) is 134 cm³/mol. The Morgan fingerprint density at radius 1 is 1.00 bits per heavy atom. The zero-order chi connectivity index (χ0) is 22.1. The number of nitrogens with one attached hydrogen (secondary N) is 1. The molecule has 0 radical (unpaired) electrons. The average molecular weight is 452 g/mol. The topological polar surface area (TPSA) is 18.5 Å². The number of piperazine rings is 1. The first-order valence-electron chi connectivity index (χ1n) is 12.6. The monoisotopic (exact) mass is 451 g/mol. The molecule has 0 bridgehead atoms. The average Bonchev–Trinajstić information content (AvgIpc) is 2.79. The van der Waals surface area contributed by atoms with Crippen molar-refractivity contribution in [2.45, 2.75) is 64.1 Å². The van der Waals surface area contributed by atoms with Gasteiger partial charge < -0.3 is 5.32 Å². The molecule has 1 N–H and O–H groups in total. The Hall–Kier alpha value is -1.39. The van der Waals surface area contributed by atoms with Gasteiger partial charge >= 0.3 is 0 Å². The molecule has 1 saturated carbocycles. The summed E-state index contributed by atoms with van der Waals surface area (Å²) in [5.74, 6) is 0.553. The molecule has 5 rings (SSSR count). The van der Waals surface area contributed by atoms with Crippen LogP contribution in [0.2, 0.25) is 5.02 Å². The van der Waals surface area contributed by atoms with Gasteiger partial charge in [-0.25, -0.2) is 0 Å². The third-order valence-electron chi connectivity index (χ3n) is 8.27. The second-order valence-electron chi connectivity index (χ2n) is 10.7. The number of hydrogen-bond acceptors (Lipinski definition) is 3. The number of rotatable bonds is 5. The molecule has 2 aromatic carbocycles. The summed E-state index contributed by atoms with van der Waals surface area (Å²) in [6, 6.07) is 18.8. The second-order valence-corrected chi connectivity index (χ2v) is 11.1. The maximum atomic E-state index is 6.12. The highest BCUT2D eigenvalue weighted by atomic mass is 35.5. The van der Waals surface area contributed by atoms with Crippen LogP contribution in [0.4, 0.5) is 0 Å². The van der Waals surface area contributed by atoms with Crippen LogP contribution >= 0.6 is 11.6 Å². The Labute approximate surface area is 199 Å². The van der Waals surface area contributed by atoms with E-state index in [0.717, 1.165) is 30.7 Å². The number of benzene rings is 2. The third-order valence-corrected chi connectivity index (χ3v) is 8.52. The first-order chi connectivity index (χ1) is 15.5. The summed E-state index contributed by atoms with van der Waals surface area (Å²) >= 11 is 6.12. The van der Waals surface area contributed by atoms with Crippen LogP contribution in [0.5, 0.6) is 0 Å². The molecule has 2 aliphatic heterocycles. The normalized spacial score (nSPS) is 24.7. The Morgan fingerprint density at radius 3 is 2.44 bits per heavy atom. The Bertz CT molecular complexity index is 895. The zero-order valence-corrected chi connectivity index (χ0v) is 20.5. The molecule has 32 heavy (non-hydrogen) atoms. The molecule has 2 aromatic rings. The van der Waals surface area contributed by atoms with Gasteiger partial charge in [0.25, 0.3) is 0 Å². The molecule has 1 spiro atoms. The fourth-order valence-electron chi connectivity index (χ4n) is 6.44. The van der Waals surface area contributed by atoms with Gasteiger partial charge in [-0.3, -0.25) is 9.80 Å². The molecule has 0 amide bonds. The maximum Gasteiger partial charge on any atom is 0.0481 e. The summed E-state index contributed by atoms with van der Waals surface area (Å²) in [6.07, 6.45) is 5.53. The largest absolute Gasteiger partial charge is 0.317 e. The molecule has 2 heterocycles. The van der Waals surface area contributed by atoms with Crippen LogP contribution in [0, 0.1) is 5.41 Å². The van der Waals surface area contributed by atoms with Gasteiger partial charge in [-0.05, 0) is 78.9 Å². The molecule has 0 unspecified atom stereocenters. The fraction of sp³-hybridized carbons (Fsp3) is 0.571. The number of halogens is 1. The molecule has 1 aliphatic carbocycles.